The third-order valence-corrected chi connectivity index (χ3v) is 3.86. The number of nitrogens with zero attached hydrogens (tertiary/aromatic N) is 1. The summed E-state index contributed by atoms with van der Waals surface area (Å²) in [6, 6.07) is 13.4. The average Bonchev–Trinajstić information content (AvgIpc) is 3.20. The summed E-state index contributed by atoms with van der Waals surface area (Å²) in [6.07, 6.45) is 6.26. The molecule has 0 unspecified atom stereocenters. The third kappa shape index (κ3) is 5.29. The summed E-state index contributed by atoms with van der Waals surface area (Å²) in [5, 5.41) is 5.89. The van der Waals surface area contributed by atoms with Gasteiger partial charge in [0.1, 0.15) is 11.5 Å². The molecule has 0 radical (unpaired) electrons. The fourth-order valence-corrected chi connectivity index (χ4v) is 2.38. The number of furan rings is 1. The molecule has 136 valence electrons. The molecule has 0 saturated heterocycles. The van der Waals surface area contributed by atoms with Crippen LogP contribution in [-0.2, 0) is 11.3 Å². The second-order valence-corrected chi connectivity index (χ2v) is 6.01. The molecule has 6 nitrogen and oxygen atoms in total. The van der Waals surface area contributed by atoms with Crippen molar-refractivity contribution < 1.29 is 14.0 Å². The zero-order chi connectivity index (χ0) is 19.1. The van der Waals surface area contributed by atoms with Gasteiger partial charge in [-0.3, -0.25) is 14.6 Å². The van der Waals surface area contributed by atoms with Gasteiger partial charge in [-0.1, -0.05) is 17.7 Å². The van der Waals surface area contributed by atoms with Crippen molar-refractivity contribution in [3.8, 4) is 0 Å². The molecule has 27 heavy (non-hydrogen) atoms. The number of carbonyl (C=O) groups excluding carboxylic acids is 2. The van der Waals surface area contributed by atoms with Crippen molar-refractivity contribution in [3.63, 3.8) is 0 Å². The van der Waals surface area contributed by atoms with Gasteiger partial charge < -0.3 is 15.1 Å². The van der Waals surface area contributed by atoms with E-state index >= 15 is 0 Å². The predicted molar refractivity (Wildman–Crippen MR) is 102 cm³/mol. The first kappa shape index (κ1) is 18.4. The lowest BCUT2D eigenvalue weighted by Crippen LogP contribution is -2.34. The van der Waals surface area contributed by atoms with Crippen LogP contribution in [0, 0.1) is 0 Å². The highest BCUT2D eigenvalue weighted by Crippen LogP contribution is 2.11. The van der Waals surface area contributed by atoms with E-state index in [1.165, 1.54) is 12.3 Å². The van der Waals surface area contributed by atoms with E-state index in [0.29, 0.717) is 16.3 Å². The van der Waals surface area contributed by atoms with E-state index in [0.717, 1.165) is 5.56 Å². The summed E-state index contributed by atoms with van der Waals surface area (Å²) in [5.74, 6) is -0.434. The van der Waals surface area contributed by atoms with Gasteiger partial charge in [-0.2, -0.15) is 0 Å². The minimum absolute atomic E-state index is 0.0637. The van der Waals surface area contributed by atoms with Crippen molar-refractivity contribution in [1.29, 1.82) is 0 Å². The Hall–Kier alpha value is -3.38. The minimum atomic E-state index is -0.447. The summed E-state index contributed by atoms with van der Waals surface area (Å²) in [6.45, 7) is 0.277. The number of hydrogen-bond acceptors (Lipinski definition) is 4. The molecule has 2 amide bonds. The maximum Gasteiger partial charge on any atom is 0.268 e. The van der Waals surface area contributed by atoms with Crippen LogP contribution in [0.15, 0.2) is 77.3 Å². The van der Waals surface area contributed by atoms with Gasteiger partial charge in [0.05, 0.1) is 6.26 Å². The summed E-state index contributed by atoms with van der Waals surface area (Å²) in [5.41, 5.74) is 1.28. The first-order chi connectivity index (χ1) is 13.1. The molecule has 7 heteroatoms. The van der Waals surface area contributed by atoms with Crippen LogP contribution in [0.2, 0.25) is 5.02 Å². The summed E-state index contributed by atoms with van der Waals surface area (Å²) < 4.78 is 5.24. The van der Waals surface area contributed by atoms with Crippen LogP contribution in [0.25, 0.3) is 6.08 Å². The Labute approximate surface area is 160 Å². The van der Waals surface area contributed by atoms with Gasteiger partial charge in [0.2, 0.25) is 0 Å². The van der Waals surface area contributed by atoms with Gasteiger partial charge in [-0.25, -0.2) is 0 Å². The molecule has 3 aromatic rings. The lowest BCUT2D eigenvalue weighted by Gasteiger charge is -2.11. The van der Waals surface area contributed by atoms with E-state index in [9.17, 15) is 9.59 Å². The Morgan fingerprint density at radius 2 is 1.93 bits per heavy atom. The highest BCUT2D eigenvalue weighted by Gasteiger charge is 2.15. The molecule has 0 fully saturated rings. The Morgan fingerprint density at radius 1 is 1.11 bits per heavy atom. The molecule has 0 aliphatic heterocycles. The molecule has 0 bridgehead atoms. The molecule has 0 atom stereocenters. The number of amides is 2. The Kier molecular flexibility index (Phi) is 6.02. The lowest BCUT2D eigenvalue weighted by molar-refractivity contribution is -0.117. The molecule has 1 aromatic carbocycles. The monoisotopic (exact) mass is 381 g/mol. The molecular formula is C20H16ClN3O3. The smallest absolute Gasteiger partial charge is 0.268 e. The second-order valence-electron chi connectivity index (χ2n) is 5.58. The van der Waals surface area contributed by atoms with E-state index in [1.54, 1.807) is 54.9 Å². The number of aromatic nitrogens is 1. The fourth-order valence-electron chi connectivity index (χ4n) is 2.25. The normalized spacial score (nSPS) is 11.1. The van der Waals surface area contributed by atoms with Crippen molar-refractivity contribution in [3.05, 3.63) is 94.8 Å². The minimum Gasteiger partial charge on any atom is -0.465 e. The van der Waals surface area contributed by atoms with Crippen LogP contribution in [-0.4, -0.2) is 16.8 Å². The Balaban J connectivity index is 1.75. The second kappa shape index (κ2) is 8.82. The Bertz CT molecular complexity index is 936. The molecule has 2 aromatic heterocycles. The highest BCUT2D eigenvalue weighted by molar-refractivity contribution is 6.30. The summed E-state index contributed by atoms with van der Waals surface area (Å²) in [7, 11) is 0. The quantitative estimate of drug-likeness (QED) is 0.641. The average molecular weight is 382 g/mol. The van der Waals surface area contributed by atoms with Crippen molar-refractivity contribution >= 4 is 29.5 Å². The number of benzene rings is 1. The zero-order valence-corrected chi connectivity index (χ0v) is 14.9. The van der Waals surface area contributed by atoms with Crippen LogP contribution in [0.4, 0.5) is 0 Å². The van der Waals surface area contributed by atoms with Crippen molar-refractivity contribution in [2.75, 3.05) is 0 Å². The van der Waals surface area contributed by atoms with Gasteiger partial charge in [0.25, 0.3) is 11.8 Å². The summed E-state index contributed by atoms with van der Waals surface area (Å²) in [4.78, 5) is 29.0. The van der Waals surface area contributed by atoms with Crippen molar-refractivity contribution in [2.45, 2.75) is 6.54 Å². The molecule has 0 aliphatic carbocycles. The molecule has 0 aliphatic rings. The maximum atomic E-state index is 12.6. The highest BCUT2D eigenvalue weighted by atomic mass is 35.5. The van der Waals surface area contributed by atoms with Gasteiger partial charge in [0, 0.05) is 35.6 Å². The third-order valence-electron chi connectivity index (χ3n) is 3.60. The van der Waals surface area contributed by atoms with Gasteiger partial charge in [-0.15, -0.1) is 0 Å². The van der Waals surface area contributed by atoms with Crippen LogP contribution in [0.1, 0.15) is 21.7 Å². The van der Waals surface area contributed by atoms with Gasteiger partial charge in [-0.05, 0) is 48.0 Å². The van der Waals surface area contributed by atoms with Gasteiger partial charge in [0.15, 0.2) is 0 Å². The molecular weight excluding hydrogens is 366 g/mol. The van der Waals surface area contributed by atoms with E-state index in [2.05, 4.69) is 15.6 Å². The molecule has 2 N–H and O–H groups in total. The standard InChI is InChI=1S/C20H16ClN3O3/c21-16-7-5-15(6-8-16)19(25)24-18(11-17-4-2-10-27-17)20(26)23-13-14-3-1-9-22-12-14/h1-12H,13H2,(H,23,26)(H,24,25). The van der Waals surface area contributed by atoms with E-state index < -0.39 is 11.8 Å². The Morgan fingerprint density at radius 3 is 2.59 bits per heavy atom. The van der Waals surface area contributed by atoms with Gasteiger partial charge >= 0.3 is 0 Å². The van der Waals surface area contributed by atoms with Crippen LogP contribution < -0.4 is 10.6 Å². The number of hydrogen-bond donors (Lipinski definition) is 2. The molecule has 0 saturated carbocycles. The largest absolute Gasteiger partial charge is 0.465 e. The number of pyridine rings is 1. The predicted octanol–water partition coefficient (Wildman–Crippen LogP) is 3.42. The number of carbonyl (C=O) groups is 2. The number of rotatable bonds is 6. The molecule has 2 heterocycles. The SMILES string of the molecule is O=C(NCc1cccnc1)C(=Cc1ccco1)NC(=O)c1ccc(Cl)cc1. The number of halogens is 1. The van der Waals surface area contributed by atoms with Crippen molar-refractivity contribution in [1.82, 2.24) is 15.6 Å². The molecule has 3 rings (SSSR count). The van der Waals surface area contributed by atoms with Crippen LogP contribution >= 0.6 is 11.6 Å². The first-order valence-corrected chi connectivity index (χ1v) is 8.49. The van der Waals surface area contributed by atoms with Crippen LogP contribution in [0.3, 0.4) is 0 Å². The van der Waals surface area contributed by atoms with E-state index in [4.69, 9.17) is 16.0 Å². The van der Waals surface area contributed by atoms with E-state index in [1.807, 2.05) is 6.07 Å². The lowest BCUT2D eigenvalue weighted by atomic mass is 10.2. The maximum absolute atomic E-state index is 12.6. The molecule has 0 spiro atoms. The topological polar surface area (TPSA) is 84.2 Å². The number of nitrogens with one attached hydrogen (secondary N) is 2. The van der Waals surface area contributed by atoms with Crippen LogP contribution in [0.5, 0.6) is 0 Å². The first-order valence-electron chi connectivity index (χ1n) is 8.11. The summed E-state index contributed by atoms with van der Waals surface area (Å²) >= 11 is 5.84. The van der Waals surface area contributed by atoms with Crippen molar-refractivity contribution in [2.24, 2.45) is 0 Å². The zero-order valence-electron chi connectivity index (χ0n) is 14.2. The fraction of sp³-hybridized carbons (Fsp3) is 0.0500. The van der Waals surface area contributed by atoms with E-state index in [-0.39, 0.29) is 12.2 Å².